The minimum atomic E-state index is 0.0222. The lowest BCUT2D eigenvalue weighted by atomic mass is 10.1. The Morgan fingerprint density at radius 1 is 1.39 bits per heavy atom. The monoisotopic (exact) mass is 256 g/mol. The van der Waals surface area contributed by atoms with Crippen molar-refractivity contribution in [3.05, 3.63) is 0 Å². The van der Waals surface area contributed by atoms with Gasteiger partial charge in [0.2, 0.25) is 5.91 Å². The first kappa shape index (κ1) is 15.4. The van der Waals surface area contributed by atoms with Crippen molar-refractivity contribution >= 4 is 5.91 Å². The van der Waals surface area contributed by atoms with E-state index >= 15 is 0 Å². The number of amides is 1. The predicted octanol–water partition coefficient (Wildman–Crippen LogP) is 2.14. The highest BCUT2D eigenvalue weighted by Gasteiger charge is 2.36. The molecule has 18 heavy (non-hydrogen) atoms. The highest BCUT2D eigenvalue weighted by molar-refractivity contribution is 5.84. The summed E-state index contributed by atoms with van der Waals surface area (Å²) in [6, 6.07) is 0.0222. The Morgan fingerprint density at radius 2 is 2.11 bits per heavy atom. The zero-order valence-corrected chi connectivity index (χ0v) is 12.2. The molecule has 0 saturated carbocycles. The molecule has 1 amide bonds. The van der Waals surface area contributed by atoms with Crippen LogP contribution in [0.15, 0.2) is 0 Å². The van der Waals surface area contributed by atoms with E-state index in [2.05, 4.69) is 19.2 Å². The Morgan fingerprint density at radius 3 is 2.67 bits per heavy atom. The van der Waals surface area contributed by atoms with E-state index in [9.17, 15) is 4.79 Å². The molecule has 1 aliphatic rings. The number of carbonyl (C=O) groups excluding carboxylic acids is 1. The summed E-state index contributed by atoms with van der Waals surface area (Å²) in [6.07, 6.45) is 4.57. The smallest absolute Gasteiger partial charge is 0.241 e. The van der Waals surface area contributed by atoms with Crippen molar-refractivity contribution in [2.45, 2.75) is 71.7 Å². The van der Waals surface area contributed by atoms with E-state index in [4.69, 9.17) is 4.74 Å². The zero-order chi connectivity index (χ0) is 13.5. The lowest BCUT2D eigenvalue weighted by molar-refractivity contribution is -0.131. The minimum Gasteiger partial charge on any atom is -0.377 e. The number of nitrogens with zero attached hydrogens (tertiary/aromatic N) is 1. The molecule has 1 rings (SSSR count). The van der Waals surface area contributed by atoms with Crippen molar-refractivity contribution in [2.24, 2.45) is 0 Å². The largest absolute Gasteiger partial charge is 0.377 e. The van der Waals surface area contributed by atoms with E-state index in [0.29, 0.717) is 13.2 Å². The molecule has 2 atom stereocenters. The van der Waals surface area contributed by atoms with Gasteiger partial charge in [-0.05, 0) is 26.7 Å². The van der Waals surface area contributed by atoms with Gasteiger partial charge in [-0.2, -0.15) is 0 Å². The fraction of sp³-hybridized carbons (Fsp3) is 0.929. The lowest BCUT2D eigenvalue weighted by Crippen LogP contribution is -2.39. The Bertz CT molecular complexity index is 256. The fourth-order valence-electron chi connectivity index (χ4n) is 2.35. The van der Waals surface area contributed by atoms with Crippen LogP contribution in [0.1, 0.15) is 53.4 Å². The van der Waals surface area contributed by atoms with Crippen LogP contribution in [0.4, 0.5) is 0 Å². The van der Waals surface area contributed by atoms with Gasteiger partial charge in [-0.1, -0.05) is 26.7 Å². The van der Waals surface area contributed by atoms with Crippen LogP contribution >= 0.6 is 0 Å². The standard InChI is InChI=1S/C14H28N2O2/c1-5-7-8-12-14(17)16(13(6-2)15-12)9-10-18-11(3)4/h11-13,15H,5-10H2,1-4H3. The van der Waals surface area contributed by atoms with Gasteiger partial charge in [0.1, 0.15) is 0 Å². The van der Waals surface area contributed by atoms with Gasteiger partial charge in [0.15, 0.2) is 0 Å². The van der Waals surface area contributed by atoms with Gasteiger partial charge in [-0.25, -0.2) is 0 Å². The Hall–Kier alpha value is -0.610. The predicted molar refractivity (Wildman–Crippen MR) is 73.3 cm³/mol. The van der Waals surface area contributed by atoms with Crippen LogP contribution in [0, 0.1) is 0 Å². The summed E-state index contributed by atoms with van der Waals surface area (Å²) in [7, 11) is 0. The molecule has 0 radical (unpaired) electrons. The van der Waals surface area contributed by atoms with E-state index in [1.165, 1.54) is 0 Å². The molecular formula is C14H28N2O2. The van der Waals surface area contributed by atoms with Gasteiger partial charge in [-0.15, -0.1) is 0 Å². The molecule has 4 nitrogen and oxygen atoms in total. The Kier molecular flexibility index (Phi) is 6.65. The summed E-state index contributed by atoms with van der Waals surface area (Å²) in [6.45, 7) is 9.64. The molecule has 0 aromatic heterocycles. The molecule has 0 aromatic rings. The first-order valence-corrected chi connectivity index (χ1v) is 7.28. The van der Waals surface area contributed by atoms with Crippen molar-refractivity contribution in [3.63, 3.8) is 0 Å². The van der Waals surface area contributed by atoms with Gasteiger partial charge in [0.25, 0.3) is 0 Å². The third-order valence-electron chi connectivity index (χ3n) is 3.37. The highest BCUT2D eigenvalue weighted by atomic mass is 16.5. The normalized spacial score (nSPS) is 24.3. The maximum absolute atomic E-state index is 12.3. The average molecular weight is 256 g/mol. The van der Waals surface area contributed by atoms with Crippen molar-refractivity contribution in [2.75, 3.05) is 13.2 Å². The molecule has 106 valence electrons. The summed E-state index contributed by atoms with van der Waals surface area (Å²) in [5.41, 5.74) is 0. The number of nitrogens with one attached hydrogen (secondary N) is 1. The molecule has 1 fully saturated rings. The molecular weight excluding hydrogens is 228 g/mol. The van der Waals surface area contributed by atoms with E-state index in [0.717, 1.165) is 25.7 Å². The summed E-state index contributed by atoms with van der Waals surface area (Å²) in [4.78, 5) is 14.2. The molecule has 2 unspecified atom stereocenters. The van der Waals surface area contributed by atoms with Gasteiger partial charge in [-0.3, -0.25) is 10.1 Å². The summed E-state index contributed by atoms with van der Waals surface area (Å²) >= 11 is 0. The second-order valence-corrected chi connectivity index (χ2v) is 5.24. The molecule has 1 heterocycles. The van der Waals surface area contributed by atoms with E-state index < -0.39 is 0 Å². The van der Waals surface area contributed by atoms with Crippen molar-refractivity contribution in [3.8, 4) is 0 Å². The topological polar surface area (TPSA) is 41.6 Å². The number of carbonyl (C=O) groups is 1. The van der Waals surface area contributed by atoms with Crippen LogP contribution < -0.4 is 5.32 Å². The SMILES string of the molecule is CCCCC1NC(CC)N(CCOC(C)C)C1=O. The second kappa shape index (κ2) is 7.74. The zero-order valence-electron chi connectivity index (χ0n) is 12.2. The highest BCUT2D eigenvalue weighted by Crippen LogP contribution is 2.17. The number of unbranched alkanes of at least 4 members (excludes halogenated alkanes) is 1. The summed E-state index contributed by atoms with van der Waals surface area (Å²) in [5, 5.41) is 3.43. The molecule has 1 aliphatic heterocycles. The Labute approximate surface area is 111 Å². The molecule has 0 aliphatic carbocycles. The van der Waals surface area contributed by atoms with Gasteiger partial charge in [0.05, 0.1) is 24.9 Å². The third-order valence-corrected chi connectivity index (χ3v) is 3.37. The third kappa shape index (κ3) is 4.25. The van der Waals surface area contributed by atoms with Gasteiger partial charge < -0.3 is 9.64 Å². The molecule has 0 aromatic carbocycles. The minimum absolute atomic E-state index is 0.0222. The van der Waals surface area contributed by atoms with Crippen molar-refractivity contribution in [1.82, 2.24) is 10.2 Å². The van der Waals surface area contributed by atoms with Crippen molar-refractivity contribution < 1.29 is 9.53 Å². The summed E-state index contributed by atoms with van der Waals surface area (Å²) in [5.74, 6) is 0.252. The van der Waals surface area contributed by atoms with Crippen molar-refractivity contribution in [1.29, 1.82) is 0 Å². The second-order valence-electron chi connectivity index (χ2n) is 5.24. The van der Waals surface area contributed by atoms with Crippen LogP contribution in [0.2, 0.25) is 0 Å². The van der Waals surface area contributed by atoms with Crippen LogP contribution in [0.5, 0.6) is 0 Å². The molecule has 1 N–H and O–H groups in total. The molecule has 1 saturated heterocycles. The van der Waals surface area contributed by atoms with E-state index in [1.54, 1.807) is 0 Å². The number of rotatable bonds is 8. The van der Waals surface area contributed by atoms with Crippen LogP contribution in [0.25, 0.3) is 0 Å². The average Bonchev–Trinajstić information content (AvgIpc) is 2.63. The maximum atomic E-state index is 12.3. The fourth-order valence-corrected chi connectivity index (χ4v) is 2.35. The van der Waals surface area contributed by atoms with Crippen LogP contribution in [-0.2, 0) is 9.53 Å². The first-order valence-electron chi connectivity index (χ1n) is 7.28. The Balaban J connectivity index is 2.45. The summed E-state index contributed by atoms with van der Waals surface area (Å²) < 4.78 is 5.54. The number of hydrogen-bond donors (Lipinski definition) is 1. The van der Waals surface area contributed by atoms with E-state index in [1.807, 2.05) is 18.7 Å². The molecule has 0 bridgehead atoms. The first-order chi connectivity index (χ1) is 8.60. The molecule has 0 spiro atoms. The van der Waals surface area contributed by atoms with Gasteiger partial charge in [0, 0.05) is 6.54 Å². The number of ether oxygens (including phenoxy) is 1. The quantitative estimate of drug-likeness (QED) is 0.723. The van der Waals surface area contributed by atoms with E-state index in [-0.39, 0.29) is 24.2 Å². The van der Waals surface area contributed by atoms with Crippen LogP contribution in [0.3, 0.4) is 0 Å². The molecule has 4 heteroatoms. The maximum Gasteiger partial charge on any atom is 0.241 e. The van der Waals surface area contributed by atoms with Crippen LogP contribution in [-0.4, -0.2) is 42.3 Å². The lowest BCUT2D eigenvalue weighted by Gasteiger charge is -2.23. The number of hydrogen-bond acceptors (Lipinski definition) is 3. The van der Waals surface area contributed by atoms with Gasteiger partial charge >= 0.3 is 0 Å².